The van der Waals surface area contributed by atoms with Crippen LogP contribution >= 0.6 is 0 Å². The number of hydrogen-bond donors (Lipinski definition) is 1. The van der Waals surface area contributed by atoms with Crippen LogP contribution in [0.5, 0.6) is 0 Å². The third-order valence-electron chi connectivity index (χ3n) is 0.556. The molecule has 0 aromatic carbocycles. The highest BCUT2D eigenvalue weighted by Crippen LogP contribution is 1.81. The molecule has 0 bridgehead atoms. The molecule has 3 nitrogen and oxygen atoms in total. The highest BCUT2D eigenvalue weighted by atomic mass is 32.2. The first-order valence-electron chi connectivity index (χ1n) is 1.70. The van der Waals surface area contributed by atoms with Crippen molar-refractivity contribution in [2.45, 2.75) is 6.92 Å². The predicted molar refractivity (Wildman–Crippen MR) is 28.2 cm³/mol. The maximum atomic E-state index is 10.1. The van der Waals surface area contributed by atoms with Crippen molar-refractivity contribution < 1.29 is 8.42 Å². The van der Waals surface area contributed by atoms with Crippen molar-refractivity contribution in [3.05, 3.63) is 0 Å². The Kier molecular flexibility index (Phi) is 1.53. The van der Waals surface area contributed by atoms with Gasteiger partial charge in [-0.1, -0.05) is 0 Å². The fourth-order valence-corrected chi connectivity index (χ4v) is 0. The summed E-state index contributed by atoms with van der Waals surface area (Å²) in [4.78, 5) is 0. The second kappa shape index (κ2) is 1.61. The van der Waals surface area contributed by atoms with Gasteiger partial charge in [-0.15, -0.1) is 0 Å². The van der Waals surface area contributed by atoms with Crippen LogP contribution in [0.2, 0.25) is 0 Å². The van der Waals surface area contributed by atoms with E-state index in [-0.39, 0.29) is 5.04 Å². The Morgan fingerprint density at radius 1 is 1.57 bits per heavy atom. The van der Waals surface area contributed by atoms with Crippen molar-refractivity contribution in [1.82, 2.24) is 0 Å². The van der Waals surface area contributed by atoms with Gasteiger partial charge in [-0.2, -0.15) is 0 Å². The first kappa shape index (κ1) is 6.62. The van der Waals surface area contributed by atoms with Gasteiger partial charge in [0.25, 0.3) is 0 Å². The summed E-state index contributed by atoms with van der Waals surface area (Å²) in [5.41, 5.74) is 0. The summed E-state index contributed by atoms with van der Waals surface area (Å²) in [5, 5.41) is 6.27. The number of nitrogens with one attached hydrogen (secondary N) is 1. The zero-order valence-corrected chi connectivity index (χ0v) is 5.04. The van der Waals surface area contributed by atoms with Crippen LogP contribution in [0.3, 0.4) is 0 Å². The Bertz CT molecular complexity index is 167. The molecule has 42 valence electrons. The zero-order chi connectivity index (χ0) is 6.08. The molecule has 0 aromatic rings. The smallest absolute Gasteiger partial charge is 0.187 e. The third-order valence-corrected chi connectivity index (χ3v) is 1.67. The predicted octanol–water partition coefficient (Wildman–Crippen LogP) is 0.0282. The molecule has 1 N–H and O–H groups in total. The molecule has 0 heterocycles. The van der Waals surface area contributed by atoms with Gasteiger partial charge in [-0.3, -0.25) is 5.41 Å². The maximum absolute atomic E-state index is 10.1. The van der Waals surface area contributed by atoms with Gasteiger partial charge in [-0.05, 0) is 6.92 Å². The minimum absolute atomic E-state index is 0.285. The lowest BCUT2D eigenvalue weighted by Crippen LogP contribution is -2.05. The molecule has 7 heavy (non-hydrogen) atoms. The summed E-state index contributed by atoms with van der Waals surface area (Å²) < 4.78 is 20.2. The van der Waals surface area contributed by atoms with Crippen molar-refractivity contribution in [2.75, 3.05) is 6.26 Å². The van der Waals surface area contributed by atoms with E-state index in [2.05, 4.69) is 0 Å². The molecule has 0 aliphatic heterocycles. The van der Waals surface area contributed by atoms with E-state index in [0.29, 0.717) is 0 Å². The molecular weight excluding hydrogens is 114 g/mol. The van der Waals surface area contributed by atoms with E-state index < -0.39 is 9.84 Å². The Morgan fingerprint density at radius 3 is 1.71 bits per heavy atom. The average Bonchev–Trinajstić information content (AvgIpc) is 1.31. The van der Waals surface area contributed by atoms with Gasteiger partial charge in [0.15, 0.2) is 9.84 Å². The number of hydrogen-bond acceptors (Lipinski definition) is 3. The lowest BCUT2D eigenvalue weighted by atomic mass is 10.9. The Balaban J connectivity index is 4.43. The fraction of sp³-hybridized carbons (Fsp3) is 0.667. The molecular formula is C3H7NO2S. The van der Waals surface area contributed by atoms with Crippen LogP contribution in [0.25, 0.3) is 0 Å². The van der Waals surface area contributed by atoms with Gasteiger partial charge in [0.2, 0.25) is 0 Å². The van der Waals surface area contributed by atoms with E-state index in [1.807, 2.05) is 0 Å². The maximum Gasteiger partial charge on any atom is 0.187 e. The minimum atomic E-state index is -3.16. The Hall–Kier alpha value is -0.380. The minimum Gasteiger partial charge on any atom is -0.294 e. The number of rotatable bonds is 0. The average molecular weight is 121 g/mol. The largest absolute Gasteiger partial charge is 0.294 e. The lowest BCUT2D eigenvalue weighted by molar-refractivity contribution is 0.612. The summed E-state index contributed by atoms with van der Waals surface area (Å²) in [6.45, 7) is 1.25. The van der Waals surface area contributed by atoms with Crippen molar-refractivity contribution >= 4 is 14.9 Å². The molecule has 0 rings (SSSR count). The standard InChI is InChI=1S/C3H7NO2S/c1-3(4)7(2,5)6/h4H,1-2H3. The summed E-state index contributed by atoms with van der Waals surface area (Å²) in [6, 6.07) is 0. The van der Waals surface area contributed by atoms with Gasteiger partial charge >= 0.3 is 0 Å². The van der Waals surface area contributed by atoms with E-state index in [9.17, 15) is 8.42 Å². The molecule has 4 heteroatoms. The third kappa shape index (κ3) is 2.33. The van der Waals surface area contributed by atoms with Crippen LogP contribution in [0.1, 0.15) is 6.92 Å². The van der Waals surface area contributed by atoms with Crippen molar-refractivity contribution in [1.29, 1.82) is 5.41 Å². The van der Waals surface area contributed by atoms with Crippen LogP contribution in [-0.2, 0) is 9.84 Å². The van der Waals surface area contributed by atoms with Gasteiger partial charge in [0.05, 0.1) is 0 Å². The van der Waals surface area contributed by atoms with Crippen molar-refractivity contribution in [2.24, 2.45) is 0 Å². The Labute approximate surface area is 42.8 Å². The SMILES string of the molecule is CC(=N)S(C)(=O)=O. The summed E-state index contributed by atoms with van der Waals surface area (Å²) in [6.07, 6.45) is 1.01. The van der Waals surface area contributed by atoms with Gasteiger partial charge in [0.1, 0.15) is 5.04 Å². The molecule has 0 aliphatic carbocycles. The summed E-state index contributed by atoms with van der Waals surface area (Å²) in [5.74, 6) is 0. The molecule has 0 saturated carbocycles. The summed E-state index contributed by atoms with van der Waals surface area (Å²) >= 11 is 0. The Morgan fingerprint density at radius 2 is 1.71 bits per heavy atom. The molecule has 0 radical (unpaired) electrons. The lowest BCUT2D eigenvalue weighted by Gasteiger charge is -1.85. The van der Waals surface area contributed by atoms with Gasteiger partial charge in [-0.25, -0.2) is 8.42 Å². The second-order valence-electron chi connectivity index (χ2n) is 1.33. The van der Waals surface area contributed by atoms with Crippen molar-refractivity contribution in [3.63, 3.8) is 0 Å². The van der Waals surface area contributed by atoms with E-state index >= 15 is 0 Å². The molecule has 0 atom stereocenters. The molecule has 0 aliphatic rings. The first-order chi connectivity index (χ1) is 2.94. The highest BCUT2D eigenvalue weighted by Gasteiger charge is 2.01. The molecule has 0 aromatic heterocycles. The zero-order valence-electron chi connectivity index (χ0n) is 4.22. The monoisotopic (exact) mass is 121 g/mol. The highest BCUT2D eigenvalue weighted by molar-refractivity contribution is 8.05. The first-order valence-corrected chi connectivity index (χ1v) is 3.59. The van der Waals surface area contributed by atoms with Crippen molar-refractivity contribution in [3.8, 4) is 0 Å². The van der Waals surface area contributed by atoms with Gasteiger partial charge < -0.3 is 0 Å². The van der Waals surface area contributed by atoms with E-state index in [1.54, 1.807) is 0 Å². The normalized spacial score (nSPS) is 11.1. The van der Waals surface area contributed by atoms with E-state index in [0.717, 1.165) is 6.26 Å². The van der Waals surface area contributed by atoms with Crippen LogP contribution < -0.4 is 0 Å². The van der Waals surface area contributed by atoms with Crippen LogP contribution in [0.15, 0.2) is 0 Å². The quantitative estimate of drug-likeness (QED) is 0.363. The fourth-order valence-electron chi connectivity index (χ4n) is 0. The van der Waals surface area contributed by atoms with Crippen LogP contribution in [-0.4, -0.2) is 19.7 Å². The van der Waals surface area contributed by atoms with Crippen LogP contribution in [0, 0.1) is 5.41 Å². The molecule has 0 unspecified atom stereocenters. The number of sulfone groups is 1. The molecule has 0 amide bonds. The van der Waals surface area contributed by atoms with E-state index in [4.69, 9.17) is 5.41 Å². The topological polar surface area (TPSA) is 58.0 Å². The van der Waals surface area contributed by atoms with Crippen LogP contribution in [0.4, 0.5) is 0 Å². The molecule has 0 spiro atoms. The molecule has 0 saturated heterocycles. The second-order valence-corrected chi connectivity index (χ2v) is 3.49. The van der Waals surface area contributed by atoms with Gasteiger partial charge in [0, 0.05) is 6.26 Å². The molecule has 0 fully saturated rings. The van der Waals surface area contributed by atoms with E-state index in [1.165, 1.54) is 6.92 Å². The summed E-state index contributed by atoms with van der Waals surface area (Å²) in [7, 11) is -3.16.